The number of nitrogens with one attached hydrogen (secondary N) is 1. The van der Waals surface area contributed by atoms with Crippen LogP contribution in [0.5, 0.6) is 5.75 Å². The second kappa shape index (κ2) is 6.97. The van der Waals surface area contributed by atoms with E-state index < -0.39 is 0 Å². The van der Waals surface area contributed by atoms with E-state index in [1.807, 2.05) is 28.9 Å². The molecule has 7 nitrogen and oxygen atoms in total. The molecule has 130 valence electrons. The van der Waals surface area contributed by atoms with Crippen molar-refractivity contribution < 1.29 is 9.47 Å². The summed E-state index contributed by atoms with van der Waals surface area (Å²) in [5.41, 5.74) is 1.75. The van der Waals surface area contributed by atoms with Gasteiger partial charge in [-0.2, -0.15) is 5.10 Å². The lowest BCUT2D eigenvalue weighted by molar-refractivity contribution is 0.0672. The average molecular weight is 404 g/mol. The Morgan fingerprint density at radius 3 is 2.68 bits per heavy atom. The molecule has 0 aliphatic carbocycles. The summed E-state index contributed by atoms with van der Waals surface area (Å²) in [6, 6.07) is 8.00. The third-order valence-corrected chi connectivity index (χ3v) is 4.89. The zero-order chi connectivity index (χ0) is 17.2. The van der Waals surface area contributed by atoms with Gasteiger partial charge in [-0.15, -0.1) is 0 Å². The SMILES string of the molecule is COc1ccc(Nc2ncnc3c2c(Br)nn3C2CCOCC2)cc1. The van der Waals surface area contributed by atoms with Crippen molar-refractivity contribution in [3.63, 3.8) is 0 Å². The Kier molecular flexibility index (Phi) is 4.54. The van der Waals surface area contributed by atoms with Gasteiger partial charge in [-0.1, -0.05) is 0 Å². The highest BCUT2D eigenvalue weighted by Gasteiger charge is 2.23. The number of aromatic nitrogens is 4. The smallest absolute Gasteiger partial charge is 0.164 e. The van der Waals surface area contributed by atoms with E-state index in [4.69, 9.17) is 9.47 Å². The molecular formula is C17H18BrN5O2. The summed E-state index contributed by atoms with van der Waals surface area (Å²) in [7, 11) is 1.65. The number of benzene rings is 1. The van der Waals surface area contributed by atoms with Crippen LogP contribution in [0.4, 0.5) is 11.5 Å². The number of hydrogen-bond donors (Lipinski definition) is 1. The van der Waals surface area contributed by atoms with Gasteiger partial charge in [0, 0.05) is 18.9 Å². The molecule has 0 radical (unpaired) electrons. The van der Waals surface area contributed by atoms with E-state index in [2.05, 4.69) is 36.3 Å². The molecule has 3 heterocycles. The molecule has 3 aromatic rings. The molecule has 8 heteroatoms. The molecule has 0 unspecified atom stereocenters. The lowest BCUT2D eigenvalue weighted by atomic mass is 10.1. The largest absolute Gasteiger partial charge is 0.497 e. The standard InChI is InChI=1S/C17H18BrN5O2/c1-24-13-4-2-11(3-5-13)21-16-14-15(18)22-23(17(14)20-10-19-16)12-6-8-25-9-7-12/h2-5,10,12H,6-9H2,1H3,(H,19,20,21). The number of nitrogens with zero attached hydrogens (tertiary/aromatic N) is 4. The topological polar surface area (TPSA) is 74.1 Å². The van der Waals surface area contributed by atoms with E-state index in [9.17, 15) is 0 Å². The quantitative estimate of drug-likeness (QED) is 0.715. The zero-order valence-corrected chi connectivity index (χ0v) is 15.4. The van der Waals surface area contributed by atoms with Crippen LogP contribution in [0.1, 0.15) is 18.9 Å². The molecule has 4 rings (SSSR count). The van der Waals surface area contributed by atoms with Crippen molar-refractivity contribution in [3.05, 3.63) is 35.2 Å². The monoisotopic (exact) mass is 403 g/mol. The number of hydrogen-bond acceptors (Lipinski definition) is 6. The van der Waals surface area contributed by atoms with Crippen LogP contribution in [0.2, 0.25) is 0 Å². The number of fused-ring (bicyclic) bond motifs is 1. The van der Waals surface area contributed by atoms with Crippen LogP contribution >= 0.6 is 15.9 Å². The Bertz CT molecular complexity index is 875. The minimum Gasteiger partial charge on any atom is -0.497 e. The molecule has 0 bridgehead atoms. The zero-order valence-electron chi connectivity index (χ0n) is 13.8. The molecule has 1 fully saturated rings. The van der Waals surface area contributed by atoms with Gasteiger partial charge in [0.25, 0.3) is 0 Å². The second-order valence-corrected chi connectivity index (χ2v) is 6.60. The summed E-state index contributed by atoms with van der Waals surface area (Å²) in [5, 5.41) is 8.88. The predicted octanol–water partition coefficient (Wildman–Crippen LogP) is 3.69. The molecule has 1 saturated heterocycles. The van der Waals surface area contributed by atoms with Crippen LogP contribution in [-0.2, 0) is 4.74 Å². The van der Waals surface area contributed by atoms with E-state index in [0.717, 1.165) is 58.9 Å². The maximum absolute atomic E-state index is 5.45. The van der Waals surface area contributed by atoms with Gasteiger partial charge in [-0.25, -0.2) is 14.6 Å². The first kappa shape index (κ1) is 16.3. The summed E-state index contributed by atoms with van der Waals surface area (Å²) in [6.07, 6.45) is 3.45. The maximum Gasteiger partial charge on any atom is 0.164 e. The van der Waals surface area contributed by atoms with Crippen LogP contribution < -0.4 is 10.1 Å². The highest BCUT2D eigenvalue weighted by atomic mass is 79.9. The Morgan fingerprint density at radius 2 is 1.96 bits per heavy atom. The normalized spacial score (nSPS) is 15.4. The molecule has 1 aliphatic rings. The highest BCUT2D eigenvalue weighted by Crippen LogP contribution is 2.33. The number of methoxy groups -OCH3 is 1. The van der Waals surface area contributed by atoms with Crippen molar-refractivity contribution >= 4 is 38.5 Å². The van der Waals surface area contributed by atoms with E-state index in [1.54, 1.807) is 13.4 Å². The highest BCUT2D eigenvalue weighted by molar-refractivity contribution is 9.10. The lowest BCUT2D eigenvalue weighted by Gasteiger charge is -2.22. The third-order valence-electron chi connectivity index (χ3n) is 4.34. The van der Waals surface area contributed by atoms with Gasteiger partial charge in [0.05, 0.1) is 18.5 Å². The van der Waals surface area contributed by atoms with Crippen molar-refractivity contribution in [2.75, 3.05) is 25.6 Å². The number of rotatable bonds is 4. The van der Waals surface area contributed by atoms with Gasteiger partial charge in [-0.3, -0.25) is 0 Å². The van der Waals surface area contributed by atoms with Crippen molar-refractivity contribution in [1.29, 1.82) is 0 Å². The van der Waals surface area contributed by atoms with Gasteiger partial charge in [-0.05, 0) is 53.0 Å². The molecule has 1 aliphatic heterocycles. The third kappa shape index (κ3) is 3.19. The van der Waals surface area contributed by atoms with E-state index >= 15 is 0 Å². The molecule has 1 aromatic carbocycles. The lowest BCUT2D eigenvalue weighted by Crippen LogP contribution is -2.20. The first-order chi connectivity index (χ1) is 12.3. The van der Waals surface area contributed by atoms with E-state index in [1.165, 1.54) is 0 Å². The van der Waals surface area contributed by atoms with Crippen LogP contribution in [0.3, 0.4) is 0 Å². The average Bonchev–Trinajstić information content (AvgIpc) is 3.01. The first-order valence-corrected chi connectivity index (χ1v) is 8.93. The first-order valence-electron chi connectivity index (χ1n) is 8.14. The molecule has 2 aromatic heterocycles. The van der Waals surface area contributed by atoms with Crippen molar-refractivity contribution in [2.24, 2.45) is 0 Å². The number of anilines is 2. The molecular weight excluding hydrogens is 386 g/mol. The fourth-order valence-electron chi connectivity index (χ4n) is 3.02. The van der Waals surface area contributed by atoms with E-state index in [0.29, 0.717) is 6.04 Å². The fraction of sp³-hybridized carbons (Fsp3) is 0.353. The van der Waals surface area contributed by atoms with Crippen LogP contribution in [0.15, 0.2) is 35.2 Å². The van der Waals surface area contributed by atoms with Gasteiger partial charge in [0.2, 0.25) is 0 Å². The molecule has 0 atom stereocenters. The van der Waals surface area contributed by atoms with Crippen LogP contribution in [0, 0.1) is 0 Å². The van der Waals surface area contributed by atoms with Crippen LogP contribution in [0.25, 0.3) is 11.0 Å². The summed E-state index contributed by atoms with van der Waals surface area (Å²) in [4.78, 5) is 8.87. The Labute approximate surface area is 153 Å². The summed E-state index contributed by atoms with van der Waals surface area (Å²) >= 11 is 3.57. The number of ether oxygens (including phenoxy) is 2. The second-order valence-electron chi connectivity index (χ2n) is 5.85. The molecule has 0 spiro atoms. The maximum atomic E-state index is 5.45. The van der Waals surface area contributed by atoms with Crippen molar-refractivity contribution in [3.8, 4) is 5.75 Å². The van der Waals surface area contributed by atoms with Gasteiger partial charge in [0.15, 0.2) is 5.65 Å². The molecule has 0 amide bonds. The fourth-order valence-corrected chi connectivity index (χ4v) is 3.56. The summed E-state index contributed by atoms with van der Waals surface area (Å²) in [6.45, 7) is 1.51. The van der Waals surface area contributed by atoms with Crippen LogP contribution in [-0.4, -0.2) is 40.1 Å². The summed E-state index contributed by atoms with van der Waals surface area (Å²) < 4.78 is 13.4. The number of halogens is 1. The minimum atomic E-state index is 0.297. The predicted molar refractivity (Wildman–Crippen MR) is 98.4 cm³/mol. The Morgan fingerprint density at radius 1 is 1.20 bits per heavy atom. The van der Waals surface area contributed by atoms with Crippen molar-refractivity contribution in [1.82, 2.24) is 19.7 Å². The van der Waals surface area contributed by atoms with Gasteiger partial charge >= 0.3 is 0 Å². The minimum absolute atomic E-state index is 0.297. The molecule has 1 N–H and O–H groups in total. The van der Waals surface area contributed by atoms with Gasteiger partial charge in [0.1, 0.15) is 22.5 Å². The molecule has 0 saturated carbocycles. The Hall–Kier alpha value is -2.19. The summed E-state index contributed by atoms with van der Waals surface area (Å²) in [5.74, 6) is 1.53. The van der Waals surface area contributed by atoms with Gasteiger partial charge < -0.3 is 14.8 Å². The Balaban J connectivity index is 1.70. The van der Waals surface area contributed by atoms with Crippen molar-refractivity contribution in [2.45, 2.75) is 18.9 Å². The van der Waals surface area contributed by atoms with E-state index in [-0.39, 0.29) is 0 Å². The molecule has 25 heavy (non-hydrogen) atoms.